The number of hydrogen-bond acceptors (Lipinski definition) is 2. The summed E-state index contributed by atoms with van der Waals surface area (Å²) in [7, 11) is 0. The van der Waals surface area contributed by atoms with Crippen LogP contribution in [0.15, 0.2) is 36.4 Å². The summed E-state index contributed by atoms with van der Waals surface area (Å²) in [6.07, 6.45) is -15.0. The number of amides is 1. The molecule has 0 heterocycles. The Kier molecular flexibility index (Phi) is 9.53. The summed E-state index contributed by atoms with van der Waals surface area (Å²) in [6.45, 7) is -1.54. The highest BCUT2D eigenvalue weighted by Crippen LogP contribution is 2.43. The molecule has 0 aromatic heterocycles. The lowest BCUT2D eigenvalue weighted by Gasteiger charge is -2.22. The molecule has 1 atom stereocenters. The largest absolute Gasteiger partial charge is 0.417 e. The summed E-state index contributed by atoms with van der Waals surface area (Å²) in [5.74, 6) is -5.81. The number of carbonyl (C=O) groups excluding carboxylic acids is 1. The van der Waals surface area contributed by atoms with Crippen LogP contribution in [0.3, 0.4) is 0 Å². The number of nitrogens with one attached hydrogen (secondary N) is 2. The predicted molar refractivity (Wildman–Crippen MR) is 137 cm³/mol. The minimum absolute atomic E-state index is 0.00900. The number of halogens is 13. The fourth-order valence-electron chi connectivity index (χ4n) is 3.67. The second-order valence-corrected chi connectivity index (χ2v) is 10.5. The first-order valence-electron chi connectivity index (χ1n) is 11.1. The van der Waals surface area contributed by atoms with Crippen LogP contribution in [0.25, 0.3) is 5.83 Å². The van der Waals surface area contributed by atoms with Gasteiger partial charge in [0, 0.05) is 5.56 Å². The van der Waals surface area contributed by atoms with Crippen LogP contribution >= 0.6 is 47.0 Å². The van der Waals surface area contributed by atoms with Crippen molar-refractivity contribution < 1.29 is 48.7 Å². The molecular formula is C24H15Cl3F10N2OS. The van der Waals surface area contributed by atoms with E-state index in [9.17, 15) is 44.3 Å². The summed E-state index contributed by atoms with van der Waals surface area (Å²) in [6, 6.07) is 2.85. The lowest BCUT2D eigenvalue weighted by atomic mass is 9.95. The summed E-state index contributed by atoms with van der Waals surface area (Å²) in [5, 5.41) is 3.04. The summed E-state index contributed by atoms with van der Waals surface area (Å²) >= 11 is 22.1. The molecule has 3 rings (SSSR count). The fourth-order valence-corrected chi connectivity index (χ4v) is 4.61. The number of allylic oxidation sites excluding steroid dienone is 1. The zero-order valence-electron chi connectivity index (χ0n) is 19.9. The van der Waals surface area contributed by atoms with Gasteiger partial charge < -0.3 is 10.6 Å². The maximum absolute atomic E-state index is 15.0. The molecule has 1 aliphatic rings. The van der Waals surface area contributed by atoms with Crippen molar-refractivity contribution in [1.29, 1.82) is 0 Å². The molecular weight excluding hydrogens is 661 g/mol. The van der Waals surface area contributed by atoms with E-state index in [4.69, 9.17) is 47.0 Å². The number of thiocarbonyl (C=S) groups is 1. The highest BCUT2D eigenvalue weighted by molar-refractivity contribution is 7.80. The SMILES string of the molecule is O=C(NC1(C(=S)NCC(F)(F)F)CC1)c1ccc(/C(F)=C/C(c2cc(Cl)c(Cl)c(Cl)c2)C(F)(F)F)cc1C(F)(F)F. The maximum Gasteiger partial charge on any atom is 0.417 e. The van der Waals surface area contributed by atoms with Crippen LogP contribution in [-0.2, 0) is 6.18 Å². The molecule has 0 spiro atoms. The van der Waals surface area contributed by atoms with Crippen LogP contribution in [0.5, 0.6) is 0 Å². The van der Waals surface area contributed by atoms with Crippen LogP contribution < -0.4 is 10.6 Å². The molecule has 41 heavy (non-hydrogen) atoms. The van der Waals surface area contributed by atoms with Crippen molar-refractivity contribution in [3.63, 3.8) is 0 Å². The molecule has 1 unspecified atom stereocenters. The second kappa shape index (κ2) is 11.8. The van der Waals surface area contributed by atoms with Crippen LogP contribution in [-0.4, -0.2) is 35.3 Å². The Bertz CT molecular complexity index is 1360. The van der Waals surface area contributed by atoms with Crippen LogP contribution in [0, 0.1) is 0 Å². The molecule has 1 aliphatic carbocycles. The quantitative estimate of drug-likeness (QED) is 0.175. The number of carbonyl (C=O) groups is 1. The molecule has 2 aromatic rings. The van der Waals surface area contributed by atoms with Crippen molar-refractivity contribution in [2.75, 3.05) is 6.54 Å². The van der Waals surface area contributed by atoms with Gasteiger partial charge in [0.15, 0.2) is 0 Å². The van der Waals surface area contributed by atoms with Crippen molar-refractivity contribution in [1.82, 2.24) is 10.6 Å². The zero-order valence-corrected chi connectivity index (χ0v) is 23.0. The van der Waals surface area contributed by atoms with Gasteiger partial charge in [-0.05, 0) is 48.7 Å². The third kappa shape index (κ3) is 8.17. The molecule has 0 aliphatic heterocycles. The Labute approximate surface area is 245 Å². The first-order chi connectivity index (χ1) is 18.6. The van der Waals surface area contributed by atoms with Crippen LogP contribution in [0.2, 0.25) is 15.1 Å². The summed E-state index contributed by atoms with van der Waals surface area (Å²) in [4.78, 5) is 12.3. The first kappa shape index (κ1) is 33.2. The molecule has 224 valence electrons. The van der Waals surface area contributed by atoms with Gasteiger partial charge in [0.2, 0.25) is 0 Å². The van der Waals surface area contributed by atoms with Gasteiger partial charge in [-0.2, -0.15) is 39.5 Å². The van der Waals surface area contributed by atoms with Crippen LogP contribution in [0.1, 0.15) is 45.8 Å². The average Bonchev–Trinajstić information content (AvgIpc) is 3.62. The summed E-state index contributed by atoms with van der Waals surface area (Å²) < 4.78 is 135. The van der Waals surface area contributed by atoms with E-state index < -0.39 is 75.5 Å². The maximum atomic E-state index is 15.0. The van der Waals surface area contributed by atoms with Gasteiger partial charge in [-0.3, -0.25) is 4.79 Å². The lowest BCUT2D eigenvalue weighted by molar-refractivity contribution is -0.140. The fraction of sp³-hybridized carbons (Fsp3) is 0.333. The number of benzene rings is 2. The zero-order chi connectivity index (χ0) is 31.1. The Morgan fingerprint density at radius 2 is 1.54 bits per heavy atom. The molecule has 17 heteroatoms. The standard InChI is InChI=1S/C24H15Cl3F10N2OS/c25-15-6-11(7-16(26)18(15)27)13(23(32,33)34)8-17(28)10-1-2-12(14(5-10)24(35,36)37)19(40)39-21(3-4-21)20(41)38-9-22(29,30)31/h1-2,5-8,13H,3-4,9H2,(H,38,41)(H,39,40)/b17-8-. The van der Waals surface area contributed by atoms with E-state index in [1.807, 2.05) is 5.32 Å². The van der Waals surface area contributed by atoms with Gasteiger partial charge in [0.05, 0.1) is 31.7 Å². The van der Waals surface area contributed by atoms with Gasteiger partial charge in [-0.25, -0.2) is 4.39 Å². The van der Waals surface area contributed by atoms with Crippen molar-refractivity contribution in [3.8, 4) is 0 Å². The molecule has 1 fully saturated rings. The molecule has 0 radical (unpaired) electrons. The Hall–Kier alpha value is -2.29. The third-order valence-electron chi connectivity index (χ3n) is 5.86. The van der Waals surface area contributed by atoms with Crippen LogP contribution in [0.4, 0.5) is 43.9 Å². The van der Waals surface area contributed by atoms with Crippen molar-refractivity contribution >= 4 is 63.7 Å². The Morgan fingerprint density at radius 1 is 0.976 bits per heavy atom. The second-order valence-electron chi connectivity index (χ2n) is 8.92. The molecule has 2 aromatic carbocycles. The topological polar surface area (TPSA) is 41.1 Å². The van der Waals surface area contributed by atoms with E-state index in [0.29, 0.717) is 12.1 Å². The van der Waals surface area contributed by atoms with E-state index in [0.717, 1.165) is 12.1 Å². The molecule has 1 saturated carbocycles. The minimum atomic E-state index is -5.28. The minimum Gasteiger partial charge on any atom is -0.369 e. The number of alkyl halides is 9. The average molecular weight is 676 g/mol. The normalized spacial score (nSPS) is 16.3. The van der Waals surface area contributed by atoms with Crippen molar-refractivity contribution in [2.45, 2.75) is 42.8 Å². The highest BCUT2D eigenvalue weighted by atomic mass is 35.5. The van der Waals surface area contributed by atoms with E-state index in [1.54, 1.807) is 0 Å². The number of rotatable bonds is 7. The smallest absolute Gasteiger partial charge is 0.369 e. The monoisotopic (exact) mass is 674 g/mol. The van der Waals surface area contributed by atoms with Gasteiger partial charge in [0.1, 0.15) is 23.3 Å². The molecule has 3 nitrogen and oxygen atoms in total. The Morgan fingerprint density at radius 3 is 2.00 bits per heavy atom. The van der Waals surface area contributed by atoms with Crippen molar-refractivity contribution in [2.24, 2.45) is 0 Å². The van der Waals surface area contributed by atoms with E-state index in [-0.39, 0.29) is 40.1 Å². The summed E-state index contributed by atoms with van der Waals surface area (Å²) in [5.41, 5.74) is -5.88. The van der Waals surface area contributed by atoms with Gasteiger partial charge in [-0.15, -0.1) is 0 Å². The molecule has 2 N–H and O–H groups in total. The number of hydrogen-bond donors (Lipinski definition) is 2. The van der Waals surface area contributed by atoms with Gasteiger partial charge in [-0.1, -0.05) is 53.1 Å². The Balaban J connectivity index is 1.96. The van der Waals surface area contributed by atoms with Gasteiger partial charge >= 0.3 is 18.5 Å². The molecule has 0 bridgehead atoms. The van der Waals surface area contributed by atoms with E-state index in [1.165, 1.54) is 0 Å². The molecule has 0 saturated heterocycles. The predicted octanol–water partition coefficient (Wildman–Crippen LogP) is 9.06. The third-order valence-corrected chi connectivity index (χ3v) is 7.60. The van der Waals surface area contributed by atoms with Crippen molar-refractivity contribution in [3.05, 3.63) is 73.7 Å². The lowest BCUT2D eigenvalue weighted by Crippen LogP contribution is -2.50. The molecule has 1 amide bonds. The first-order valence-corrected chi connectivity index (χ1v) is 12.7. The van der Waals surface area contributed by atoms with E-state index >= 15 is 4.39 Å². The highest BCUT2D eigenvalue weighted by Gasteiger charge is 2.50. The van der Waals surface area contributed by atoms with Gasteiger partial charge in [0.25, 0.3) is 5.91 Å². The van der Waals surface area contributed by atoms with E-state index in [2.05, 4.69) is 5.32 Å².